The zero-order valence-electron chi connectivity index (χ0n) is 20.4. The first-order valence-corrected chi connectivity index (χ1v) is 12.7. The van der Waals surface area contributed by atoms with Crippen LogP contribution in [0.2, 0.25) is 0 Å². The van der Waals surface area contributed by atoms with E-state index >= 15 is 0 Å². The Hall–Kier alpha value is -4.50. The Morgan fingerprint density at radius 1 is 1.11 bits per heavy atom. The molecule has 1 N–H and O–H groups in total. The highest BCUT2D eigenvalue weighted by molar-refractivity contribution is 7.22. The lowest BCUT2D eigenvalue weighted by Gasteiger charge is -2.24. The van der Waals surface area contributed by atoms with Gasteiger partial charge in [0.2, 0.25) is 0 Å². The molecule has 0 bridgehead atoms. The molecule has 0 radical (unpaired) electrons. The summed E-state index contributed by atoms with van der Waals surface area (Å²) in [5.74, 6) is -1.58. The molecule has 1 aliphatic heterocycles. The zero-order chi connectivity index (χ0) is 26.8. The molecule has 1 fully saturated rings. The Kier molecular flexibility index (Phi) is 6.93. The molecule has 0 saturated carbocycles. The largest absolute Gasteiger partial charge is 0.507 e. The van der Waals surface area contributed by atoms with Gasteiger partial charge < -0.3 is 14.6 Å². The van der Waals surface area contributed by atoms with Gasteiger partial charge in [-0.15, -0.1) is 0 Å². The van der Waals surface area contributed by atoms with E-state index in [-0.39, 0.29) is 23.1 Å². The van der Waals surface area contributed by atoms with Gasteiger partial charge in [0.25, 0.3) is 5.78 Å². The van der Waals surface area contributed by atoms with Crippen molar-refractivity contribution in [2.45, 2.75) is 13.0 Å². The van der Waals surface area contributed by atoms with Gasteiger partial charge in [0, 0.05) is 5.56 Å². The molecule has 0 aliphatic carbocycles. The third-order valence-electron chi connectivity index (χ3n) is 5.98. The molecule has 192 valence electrons. The van der Waals surface area contributed by atoms with Gasteiger partial charge in [0.05, 0.1) is 28.4 Å². The van der Waals surface area contributed by atoms with E-state index in [4.69, 9.17) is 9.47 Å². The Morgan fingerprint density at radius 3 is 2.63 bits per heavy atom. The maximum absolute atomic E-state index is 13.9. The molecule has 4 aromatic rings. The lowest BCUT2D eigenvalue weighted by molar-refractivity contribution is -0.132. The van der Waals surface area contributed by atoms with Gasteiger partial charge >= 0.3 is 5.91 Å². The SMILES string of the molecule is C=CCOc1ccc(C2/C(=C(\O)c3ccccc3)C(=O)C(=O)N2c2nc3ccc(F)cc3s2)cc1OCC. The molecule has 3 aromatic carbocycles. The normalized spacial score (nSPS) is 16.7. The average Bonchev–Trinajstić information content (AvgIpc) is 3.45. The van der Waals surface area contributed by atoms with Crippen LogP contribution in [0, 0.1) is 5.82 Å². The van der Waals surface area contributed by atoms with Crippen LogP contribution in [0.25, 0.3) is 16.0 Å². The highest BCUT2D eigenvalue weighted by Crippen LogP contribution is 2.46. The Bertz CT molecular complexity index is 1580. The zero-order valence-corrected chi connectivity index (χ0v) is 21.2. The average molecular weight is 531 g/mol. The first-order valence-electron chi connectivity index (χ1n) is 11.9. The van der Waals surface area contributed by atoms with Crippen LogP contribution < -0.4 is 14.4 Å². The lowest BCUT2D eigenvalue weighted by Crippen LogP contribution is -2.29. The molecule has 1 unspecified atom stereocenters. The monoisotopic (exact) mass is 530 g/mol. The minimum absolute atomic E-state index is 0.0890. The standard InChI is InChI=1S/C29H23FN2O5S/c1-3-14-37-21-13-10-18(15-22(21)36-4-2)25-24(26(33)17-8-6-5-7-9-17)27(34)28(35)32(25)29-31-20-12-11-19(30)16-23(20)38-29/h3,5-13,15-16,25,33H,1,4,14H2,2H3/b26-24+. The number of fused-ring (bicyclic) bond motifs is 1. The van der Waals surface area contributed by atoms with Crippen LogP contribution in [0.4, 0.5) is 9.52 Å². The second-order valence-corrected chi connectivity index (χ2v) is 9.39. The van der Waals surface area contributed by atoms with Crippen molar-refractivity contribution >= 4 is 44.1 Å². The van der Waals surface area contributed by atoms with Crippen LogP contribution >= 0.6 is 11.3 Å². The van der Waals surface area contributed by atoms with E-state index in [1.165, 1.54) is 23.1 Å². The predicted octanol–water partition coefficient (Wildman–Crippen LogP) is 6.03. The molecule has 38 heavy (non-hydrogen) atoms. The molecule has 0 spiro atoms. The molecule has 1 atom stereocenters. The minimum Gasteiger partial charge on any atom is -0.507 e. The number of aliphatic hydroxyl groups is 1. The number of benzene rings is 3. The number of hydrogen-bond acceptors (Lipinski definition) is 7. The number of ether oxygens (including phenoxy) is 2. The van der Waals surface area contributed by atoms with Gasteiger partial charge in [-0.3, -0.25) is 14.5 Å². The Morgan fingerprint density at radius 2 is 1.89 bits per heavy atom. The van der Waals surface area contributed by atoms with Crippen LogP contribution in [0.1, 0.15) is 24.1 Å². The fraction of sp³-hybridized carbons (Fsp3) is 0.138. The number of amides is 1. The number of Topliss-reactive ketones (excluding diaryl/α,β-unsaturated/α-hetero) is 1. The van der Waals surface area contributed by atoms with Crippen molar-refractivity contribution < 1.29 is 28.6 Å². The van der Waals surface area contributed by atoms with Crippen LogP contribution in [0.5, 0.6) is 11.5 Å². The summed E-state index contributed by atoms with van der Waals surface area (Å²) in [5, 5.41) is 11.5. The molecule has 5 rings (SSSR count). The highest BCUT2D eigenvalue weighted by Gasteiger charge is 2.48. The van der Waals surface area contributed by atoms with Gasteiger partial charge in [0.15, 0.2) is 16.6 Å². The Balaban J connectivity index is 1.72. The maximum atomic E-state index is 13.9. The van der Waals surface area contributed by atoms with E-state index in [1.54, 1.807) is 54.6 Å². The maximum Gasteiger partial charge on any atom is 0.301 e. The van der Waals surface area contributed by atoms with Crippen molar-refractivity contribution in [3.63, 3.8) is 0 Å². The van der Waals surface area contributed by atoms with Crippen molar-refractivity contribution in [3.05, 3.63) is 102 Å². The van der Waals surface area contributed by atoms with Crippen molar-refractivity contribution in [1.82, 2.24) is 4.98 Å². The fourth-order valence-corrected chi connectivity index (χ4v) is 5.33. The molecule has 1 aliphatic rings. The summed E-state index contributed by atoms with van der Waals surface area (Å²) in [5.41, 5.74) is 1.28. The first-order chi connectivity index (χ1) is 18.4. The van der Waals surface area contributed by atoms with Crippen LogP contribution in [-0.4, -0.2) is 35.0 Å². The van der Waals surface area contributed by atoms with Crippen LogP contribution in [0.3, 0.4) is 0 Å². The number of aromatic nitrogens is 1. The second-order valence-electron chi connectivity index (χ2n) is 8.38. The fourth-order valence-electron chi connectivity index (χ4n) is 4.32. The summed E-state index contributed by atoms with van der Waals surface area (Å²) in [4.78, 5) is 32.6. The summed E-state index contributed by atoms with van der Waals surface area (Å²) in [6.45, 7) is 6.09. The van der Waals surface area contributed by atoms with Gasteiger partial charge in [-0.05, 0) is 42.8 Å². The minimum atomic E-state index is -1.02. The van der Waals surface area contributed by atoms with E-state index in [0.717, 1.165) is 11.3 Å². The highest BCUT2D eigenvalue weighted by atomic mass is 32.1. The molecule has 1 aromatic heterocycles. The number of ketones is 1. The summed E-state index contributed by atoms with van der Waals surface area (Å²) in [6.07, 6.45) is 1.61. The molecule has 9 heteroatoms. The van der Waals surface area contributed by atoms with Crippen molar-refractivity contribution in [3.8, 4) is 11.5 Å². The third-order valence-corrected chi connectivity index (χ3v) is 6.99. The van der Waals surface area contributed by atoms with Crippen molar-refractivity contribution in [2.75, 3.05) is 18.1 Å². The van der Waals surface area contributed by atoms with Crippen LogP contribution in [-0.2, 0) is 9.59 Å². The smallest absolute Gasteiger partial charge is 0.301 e. The molecular formula is C29H23FN2O5S. The van der Waals surface area contributed by atoms with Crippen LogP contribution in [0.15, 0.2) is 85.0 Å². The van der Waals surface area contributed by atoms with Crippen molar-refractivity contribution in [2.24, 2.45) is 0 Å². The number of carbonyl (C=O) groups is 2. The lowest BCUT2D eigenvalue weighted by atomic mass is 9.95. The summed E-state index contributed by atoms with van der Waals surface area (Å²) in [7, 11) is 0. The van der Waals surface area contributed by atoms with Crippen molar-refractivity contribution in [1.29, 1.82) is 0 Å². The summed E-state index contributed by atoms with van der Waals surface area (Å²) >= 11 is 1.08. The summed E-state index contributed by atoms with van der Waals surface area (Å²) < 4.78 is 25.9. The molecular weight excluding hydrogens is 507 g/mol. The van der Waals surface area contributed by atoms with Gasteiger partial charge in [0.1, 0.15) is 18.2 Å². The number of thiazole rings is 1. The summed E-state index contributed by atoms with van der Waals surface area (Å²) in [6, 6.07) is 16.7. The van der Waals surface area contributed by atoms with Gasteiger partial charge in [-0.1, -0.05) is 60.4 Å². The Labute approximate surface area is 222 Å². The number of carbonyl (C=O) groups excluding carboxylic acids is 2. The number of anilines is 1. The molecule has 7 nitrogen and oxygen atoms in total. The first kappa shape index (κ1) is 25.2. The number of aliphatic hydroxyl groups excluding tert-OH is 1. The number of nitrogens with zero attached hydrogens (tertiary/aromatic N) is 2. The van der Waals surface area contributed by atoms with E-state index in [0.29, 0.717) is 39.4 Å². The molecule has 1 amide bonds. The van der Waals surface area contributed by atoms with E-state index in [9.17, 15) is 19.1 Å². The second kappa shape index (κ2) is 10.5. The molecule has 1 saturated heterocycles. The predicted molar refractivity (Wildman–Crippen MR) is 144 cm³/mol. The van der Waals surface area contributed by atoms with E-state index in [2.05, 4.69) is 11.6 Å². The topological polar surface area (TPSA) is 89.0 Å². The number of rotatable bonds is 8. The van der Waals surface area contributed by atoms with Gasteiger partial charge in [-0.2, -0.15) is 0 Å². The van der Waals surface area contributed by atoms with Gasteiger partial charge in [-0.25, -0.2) is 9.37 Å². The van der Waals surface area contributed by atoms with E-state index < -0.39 is 23.5 Å². The quantitative estimate of drug-likeness (QED) is 0.130. The van der Waals surface area contributed by atoms with E-state index in [1.807, 2.05) is 6.92 Å². The number of hydrogen-bond donors (Lipinski definition) is 1. The molecule has 2 heterocycles. The third kappa shape index (κ3) is 4.52. The number of halogens is 1.